The molecule has 0 aliphatic rings. The van der Waals surface area contributed by atoms with E-state index in [-0.39, 0.29) is 0 Å². The molecule has 1 aromatic carbocycles. The number of urea groups is 1. The number of hydrogen-bond donors (Lipinski definition) is 3. The van der Waals surface area contributed by atoms with Gasteiger partial charge in [-0.2, -0.15) is 0 Å². The van der Waals surface area contributed by atoms with Gasteiger partial charge in [-0.3, -0.25) is 4.72 Å². The lowest BCUT2D eigenvalue weighted by atomic mass is 10.2. The van der Waals surface area contributed by atoms with Crippen molar-refractivity contribution in [3.05, 3.63) is 23.8 Å². The van der Waals surface area contributed by atoms with E-state index in [4.69, 9.17) is 5.73 Å². The van der Waals surface area contributed by atoms with Crippen molar-refractivity contribution in [2.75, 3.05) is 17.3 Å². The minimum atomic E-state index is -2.56. The van der Waals surface area contributed by atoms with E-state index in [1.54, 1.807) is 18.2 Å². The van der Waals surface area contributed by atoms with Crippen LogP contribution in [0, 0.1) is 6.92 Å². The van der Waals surface area contributed by atoms with Gasteiger partial charge in [0.1, 0.15) is 0 Å². The molecule has 5 nitrogen and oxygen atoms in total. The second-order valence-electron chi connectivity index (χ2n) is 3.64. The molecular weight excluding hydrogens is 226 g/mol. The fourth-order valence-electron chi connectivity index (χ4n) is 1.12. The average molecular weight is 241 g/mol. The van der Waals surface area contributed by atoms with Gasteiger partial charge >= 0.3 is 6.03 Å². The molecule has 0 radical (unpaired) electrons. The highest BCUT2D eigenvalue weighted by atomic mass is 32.2. The number of carbonyl (C=O) groups excluding carboxylic acids is 1. The van der Waals surface area contributed by atoms with Crippen LogP contribution in [-0.2, 0) is 9.71 Å². The maximum absolute atomic E-state index is 11.4. The number of hydrogen-bond acceptors (Lipinski definition) is 3. The van der Waals surface area contributed by atoms with Crippen molar-refractivity contribution < 1.29 is 9.00 Å². The Labute approximate surface area is 95.2 Å². The lowest BCUT2D eigenvalue weighted by Crippen LogP contribution is -2.33. The van der Waals surface area contributed by atoms with Crippen molar-refractivity contribution in [1.29, 1.82) is 0 Å². The third-order valence-corrected chi connectivity index (χ3v) is 2.44. The summed E-state index contributed by atoms with van der Waals surface area (Å²) in [5.74, 6) is 3.32. The third-order valence-electron chi connectivity index (χ3n) is 1.82. The van der Waals surface area contributed by atoms with Crippen molar-refractivity contribution in [3.8, 4) is 0 Å². The van der Waals surface area contributed by atoms with Crippen molar-refractivity contribution >= 4 is 33.0 Å². The van der Waals surface area contributed by atoms with Gasteiger partial charge in [0.05, 0.1) is 0 Å². The largest absolute Gasteiger partial charge is 0.399 e. The molecule has 0 aliphatic heterocycles. The van der Waals surface area contributed by atoms with Gasteiger partial charge < -0.3 is 11.1 Å². The van der Waals surface area contributed by atoms with E-state index >= 15 is 0 Å². The molecule has 1 aromatic rings. The lowest BCUT2D eigenvalue weighted by Gasteiger charge is -2.10. The molecule has 4 N–H and O–H groups in total. The topological polar surface area (TPSA) is 84.2 Å². The van der Waals surface area contributed by atoms with Crippen molar-refractivity contribution in [1.82, 2.24) is 4.72 Å². The molecule has 1 rings (SSSR count). The molecule has 0 saturated carbocycles. The van der Waals surface area contributed by atoms with Crippen molar-refractivity contribution in [2.45, 2.75) is 6.92 Å². The quantitative estimate of drug-likeness (QED) is 0.532. The van der Waals surface area contributed by atoms with Crippen molar-refractivity contribution in [2.24, 2.45) is 0 Å². The van der Waals surface area contributed by atoms with E-state index in [1.807, 2.05) is 6.92 Å². The zero-order valence-corrected chi connectivity index (χ0v) is 10.1. The average Bonchev–Trinajstić information content (AvgIpc) is 2.08. The predicted molar refractivity (Wildman–Crippen MR) is 68.9 cm³/mol. The van der Waals surface area contributed by atoms with E-state index in [0.717, 1.165) is 5.56 Å². The summed E-state index contributed by atoms with van der Waals surface area (Å²) >= 11 is 0. The van der Waals surface area contributed by atoms with Gasteiger partial charge in [-0.1, -0.05) is 6.07 Å². The summed E-state index contributed by atoms with van der Waals surface area (Å²) in [4.78, 5) is 11.4. The molecule has 16 heavy (non-hydrogen) atoms. The second kappa shape index (κ2) is 4.44. The van der Waals surface area contributed by atoms with Crippen LogP contribution in [0.25, 0.3) is 0 Å². The van der Waals surface area contributed by atoms with Crippen LogP contribution >= 0.6 is 0 Å². The minimum Gasteiger partial charge on any atom is -0.399 e. The predicted octanol–water partition coefficient (Wildman–Crippen LogP) is 0.960. The number of rotatable bonds is 2. The number of anilines is 2. The zero-order chi connectivity index (χ0) is 12.3. The van der Waals surface area contributed by atoms with Crippen LogP contribution in [0.3, 0.4) is 0 Å². The summed E-state index contributed by atoms with van der Waals surface area (Å²) in [5, 5.41) is 2.56. The maximum atomic E-state index is 11.4. The molecule has 6 heteroatoms. The Morgan fingerprint density at radius 2 is 2.12 bits per heavy atom. The van der Waals surface area contributed by atoms with E-state index in [0.29, 0.717) is 11.4 Å². The molecule has 88 valence electrons. The normalized spacial score (nSPS) is 13.9. The van der Waals surface area contributed by atoms with E-state index in [1.165, 1.54) is 6.26 Å². The Hall–Kier alpha value is -1.69. The fourth-order valence-corrected chi connectivity index (χ4v) is 1.56. The summed E-state index contributed by atoms with van der Waals surface area (Å²) in [6.45, 7) is 1.84. The van der Waals surface area contributed by atoms with Gasteiger partial charge in [-0.15, -0.1) is 0 Å². The van der Waals surface area contributed by atoms with Crippen LogP contribution in [0.4, 0.5) is 16.2 Å². The zero-order valence-electron chi connectivity index (χ0n) is 9.24. The van der Waals surface area contributed by atoms with Crippen LogP contribution in [0.2, 0.25) is 0 Å². The SMILES string of the molecule is C=S(C)(=O)NC(=O)Nc1cc(N)ccc1C. The smallest absolute Gasteiger partial charge is 0.330 e. The van der Waals surface area contributed by atoms with E-state index in [9.17, 15) is 9.00 Å². The fraction of sp³-hybridized carbons (Fsp3) is 0.200. The van der Waals surface area contributed by atoms with Gasteiger partial charge in [0.25, 0.3) is 0 Å². The Balaban J connectivity index is 2.81. The number of amides is 2. The van der Waals surface area contributed by atoms with Crippen LogP contribution in [-0.4, -0.2) is 22.4 Å². The second-order valence-corrected chi connectivity index (χ2v) is 5.85. The highest BCUT2D eigenvalue weighted by molar-refractivity contribution is 7.98. The first-order chi connectivity index (χ1) is 7.28. The summed E-state index contributed by atoms with van der Waals surface area (Å²) in [5.41, 5.74) is 7.59. The third kappa shape index (κ3) is 3.82. The number of carbonyl (C=O) groups is 1. The van der Waals surface area contributed by atoms with Gasteiger partial charge in [0.2, 0.25) is 0 Å². The molecule has 0 spiro atoms. The first-order valence-corrected chi connectivity index (χ1v) is 6.68. The molecule has 0 aliphatic carbocycles. The number of nitrogens with one attached hydrogen (secondary N) is 2. The van der Waals surface area contributed by atoms with Gasteiger partial charge in [-0.25, -0.2) is 9.00 Å². The summed E-state index contributed by atoms with van der Waals surface area (Å²) in [6.07, 6.45) is 1.35. The first kappa shape index (κ1) is 12.4. The summed E-state index contributed by atoms with van der Waals surface area (Å²) in [6, 6.07) is 4.60. The lowest BCUT2D eigenvalue weighted by molar-refractivity contribution is 0.257. The summed E-state index contributed by atoms with van der Waals surface area (Å²) < 4.78 is 13.5. The van der Waals surface area contributed by atoms with Gasteiger partial charge in [0, 0.05) is 27.3 Å². The maximum Gasteiger partial charge on any atom is 0.330 e. The van der Waals surface area contributed by atoms with E-state index < -0.39 is 15.7 Å². The van der Waals surface area contributed by atoms with Gasteiger partial charge in [-0.05, 0) is 30.5 Å². The molecule has 0 aromatic heterocycles. The van der Waals surface area contributed by atoms with Crippen LogP contribution in [0.5, 0.6) is 0 Å². The molecule has 2 amide bonds. The molecule has 1 unspecified atom stereocenters. The Kier molecular flexibility index (Phi) is 3.44. The molecule has 0 heterocycles. The first-order valence-electron chi connectivity index (χ1n) is 4.55. The molecule has 0 fully saturated rings. The summed E-state index contributed by atoms with van der Waals surface area (Å²) in [7, 11) is -2.56. The van der Waals surface area contributed by atoms with Crippen LogP contribution in [0.15, 0.2) is 18.2 Å². The number of nitrogen functional groups attached to an aromatic ring is 1. The molecule has 0 bridgehead atoms. The monoisotopic (exact) mass is 241 g/mol. The molecular formula is C10H15N3O2S. The highest BCUT2D eigenvalue weighted by Gasteiger charge is 2.06. The number of nitrogens with two attached hydrogens (primary N) is 1. The Bertz CT molecular complexity index is 509. The number of benzene rings is 1. The number of aryl methyl sites for hydroxylation is 1. The van der Waals surface area contributed by atoms with Crippen LogP contribution in [0.1, 0.15) is 5.56 Å². The standard InChI is InChI=1S/C10H15N3O2S/c1-7-4-5-8(11)6-9(7)12-10(14)13-16(2,3)15/h4-6H,2,11H2,1,3H3,(H2,12,13,14,15). The van der Waals surface area contributed by atoms with Crippen molar-refractivity contribution in [3.63, 3.8) is 0 Å². The Morgan fingerprint density at radius 1 is 1.50 bits per heavy atom. The molecule has 1 atom stereocenters. The van der Waals surface area contributed by atoms with E-state index in [2.05, 4.69) is 15.9 Å². The van der Waals surface area contributed by atoms with Gasteiger partial charge in [0.15, 0.2) is 0 Å². The molecule has 0 saturated heterocycles. The Morgan fingerprint density at radius 3 is 2.69 bits per heavy atom. The van der Waals surface area contributed by atoms with Crippen LogP contribution < -0.4 is 15.8 Å². The highest BCUT2D eigenvalue weighted by Crippen LogP contribution is 2.17. The minimum absolute atomic E-state index is 0.549.